The summed E-state index contributed by atoms with van der Waals surface area (Å²) in [5.41, 5.74) is 5.52. The molecule has 92 valence electrons. The van der Waals surface area contributed by atoms with Gasteiger partial charge in [0.2, 0.25) is 0 Å². The quantitative estimate of drug-likeness (QED) is 0.665. The summed E-state index contributed by atoms with van der Waals surface area (Å²) in [6.45, 7) is 3.28. The number of aromatic amines is 1. The number of rotatable bonds is 4. The molecular weight excluding hydrogens is 323 g/mol. The smallest absolute Gasteiger partial charge is 0.0497 e. The summed E-state index contributed by atoms with van der Waals surface area (Å²) < 4.78 is 1.06. The Balaban J connectivity index is 2.41. The maximum atomic E-state index is 3.44. The molecule has 3 heteroatoms. The lowest BCUT2D eigenvalue weighted by atomic mass is 10.0. The van der Waals surface area contributed by atoms with E-state index in [4.69, 9.17) is 0 Å². The van der Waals surface area contributed by atoms with Crippen LogP contribution in [0, 0.1) is 6.92 Å². The summed E-state index contributed by atoms with van der Waals surface area (Å²) in [7, 11) is 4.24. The van der Waals surface area contributed by atoms with Crippen LogP contribution < -0.4 is 0 Å². The lowest BCUT2D eigenvalue weighted by molar-refractivity contribution is 0.414. The van der Waals surface area contributed by atoms with E-state index in [1.54, 1.807) is 0 Å². The molecule has 0 atom stereocenters. The second-order valence-corrected chi connectivity index (χ2v) is 5.61. The second kappa shape index (κ2) is 5.40. The standard InChI is InChI=1S/C14H19IN2/c1-10-6-12(8-15)14-13(7-10)11(9-16-14)4-5-17(2)3/h6-7,9,16H,4-5,8H2,1-3H3. The van der Waals surface area contributed by atoms with Crippen LogP contribution in [0.3, 0.4) is 0 Å². The van der Waals surface area contributed by atoms with Crippen molar-refractivity contribution in [2.75, 3.05) is 20.6 Å². The van der Waals surface area contributed by atoms with Gasteiger partial charge in [-0.15, -0.1) is 0 Å². The molecule has 1 N–H and O–H groups in total. The molecule has 0 radical (unpaired) electrons. The van der Waals surface area contributed by atoms with E-state index in [0.29, 0.717) is 0 Å². The number of benzene rings is 1. The van der Waals surface area contributed by atoms with Crippen LogP contribution in [0.5, 0.6) is 0 Å². The van der Waals surface area contributed by atoms with Gasteiger partial charge >= 0.3 is 0 Å². The molecule has 0 aliphatic carbocycles. The predicted octanol–water partition coefficient (Wildman–Crippen LogP) is 3.52. The fourth-order valence-corrected chi connectivity index (χ4v) is 2.78. The molecule has 0 saturated carbocycles. The van der Waals surface area contributed by atoms with Crippen molar-refractivity contribution in [3.8, 4) is 0 Å². The number of aromatic nitrogens is 1. The summed E-state index contributed by atoms with van der Waals surface area (Å²) in [5, 5.41) is 1.40. The first-order valence-electron chi connectivity index (χ1n) is 5.92. The van der Waals surface area contributed by atoms with Crippen molar-refractivity contribution >= 4 is 33.5 Å². The maximum Gasteiger partial charge on any atom is 0.0497 e. The highest BCUT2D eigenvalue weighted by Crippen LogP contribution is 2.25. The molecule has 2 nitrogen and oxygen atoms in total. The summed E-state index contributed by atoms with van der Waals surface area (Å²) in [5.74, 6) is 0. The highest BCUT2D eigenvalue weighted by atomic mass is 127. The molecule has 1 aromatic heterocycles. The topological polar surface area (TPSA) is 19.0 Å². The fraction of sp³-hybridized carbons (Fsp3) is 0.429. The molecule has 0 unspecified atom stereocenters. The van der Waals surface area contributed by atoms with E-state index in [1.807, 2.05) is 0 Å². The zero-order valence-electron chi connectivity index (χ0n) is 10.7. The van der Waals surface area contributed by atoms with Gasteiger partial charge in [-0.05, 0) is 44.6 Å². The SMILES string of the molecule is Cc1cc(CI)c2[nH]cc(CCN(C)C)c2c1. The average molecular weight is 342 g/mol. The van der Waals surface area contributed by atoms with Gasteiger partial charge < -0.3 is 9.88 Å². The number of halogens is 1. The minimum Gasteiger partial charge on any atom is -0.361 e. The molecule has 0 bridgehead atoms. The van der Waals surface area contributed by atoms with Gasteiger partial charge in [-0.25, -0.2) is 0 Å². The Bertz CT molecular complexity index is 514. The third-order valence-electron chi connectivity index (χ3n) is 3.07. The summed E-state index contributed by atoms with van der Waals surface area (Å²) in [6.07, 6.45) is 3.28. The highest BCUT2D eigenvalue weighted by molar-refractivity contribution is 14.1. The minimum atomic E-state index is 1.06. The number of fused-ring (bicyclic) bond motifs is 1. The summed E-state index contributed by atoms with van der Waals surface area (Å²) >= 11 is 2.43. The van der Waals surface area contributed by atoms with Gasteiger partial charge in [-0.2, -0.15) is 0 Å². The fourth-order valence-electron chi connectivity index (χ4n) is 2.18. The molecule has 0 amide bonds. The summed E-state index contributed by atoms with van der Waals surface area (Å²) in [4.78, 5) is 5.67. The minimum absolute atomic E-state index is 1.06. The summed E-state index contributed by atoms with van der Waals surface area (Å²) in [6, 6.07) is 4.58. The molecule has 1 heterocycles. The Morgan fingerprint density at radius 2 is 2.00 bits per heavy atom. The first-order chi connectivity index (χ1) is 8.11. The Kier molecular flexibility index (Phi) is 4.09. The number of likely N-dealkylation sites (N-methyl/N-ethyl adjacent to an activating group) is 1. The normalized spacial score (nSPS) is 11.6. The van der Waals surface area contributed by atoms with Crippen molar-refractivity contribution in [3.63, 3.8) is 0 Å². The average Bonchev–Trinajstić information content (AvgIpc) is 2.68. The number of nitrogens with one attached hydrogen (secondary N) is 1. The number of hydrogen-bond acceptors (Lipinski definition) is 1. The molecular formula is C14H19IN2. The predicted molar refractivity (Wildman–Crippen MR) is 83.0 cm³/mol. The Labute approximate surface area is 117 Å². The molecule has 1 aromatic carbocycles. The van der Waals surface area contributed by atoms with Crippen LogP contribution in [0.1, 0.15) is 16.7 Å². The van der Waals surface area contributed by atoms with Crippen molar-refractivity contribution < 1.29 is 0 Å². The van der Waals surface area contributed by atoms with Crippen LogP contribution >= 0.6 is 22.6 Å². The monoisotopic (exact) mass is 342 g/mol. The van der Waals surface area contributed by atoms with Gasteiger partial charge in [0.1, 0.15) is 0 Å². The number of alkyl halides is 1. The molecule has 0 aliphatic rings. The largest absolute Gasteiger partial charge is 0.361 e. The van der Waals surface area contributed by atoms with Gasteiger partial charge in [-0.3, -0.25) is 0 Å². The van der Waals surface area contributed by atoms with E-state index < -0.39 is 0 Å². The first kappa shape index (κ1) is 12.9. The van der Waals surface area contributed by atoms with Crippen LogP contribution in [0.2, 0.25) is 0 Å². The van der Waals surface area contributed by atoms with E-state index in [2.05, 4.69) is 71.8 Å². The van der Waals surface area contributed by atoms with Crippen LogP contribution in [-0.4, -0.2) is 30.5 Å². The van der Waals surface area contributed by atoms with E-state index >= 15 is 0 Å². The number of nitrogens with zero attached hydrogens (tertiary/aromatic N) is 1. The zero-order chi connectivity index (χ0) is 12.4. The van der Waals surface area contributed by atoms with E-state index in [1.165, 1.54) is 27.6 Å². The van der Waals surface area contributed by atoms with Crippen LogP contribution in [0.25, 0.3) is 10.9 Å². The van der Waals surface area contributed by atoms with Gasteiger partial charge in [0, 0.05) is 28.1 Å². The van der Waals surface area contributed by atoms with E-state index in [-0.39, 0.29) is 0 Å². The highest BCUT2D eigenvalue weighted by Gasteiger charge is 2.08. The van der Waals surface area contributed by atoms with E-state index in [9.17, 15) is 0 Å². The molecule has 0 aliphatic heterocycles. The van der Waals surface area contributed by atoms with Crippen molar-refractivity contribution in [3.05, 3.63) is 35.0 Å². The van der Waals surface area contributed by atoms with Gasteiger partial charge in [0.15, 0.2) is 0 Å². The Morgan fingerprint density at radius 3 is 2.65 bits per heavy atom. The van der Waals surface area contributed by atoms with Crippen molar-refractivity contribution in [1.82, 2.24) is 9.88 Å². The first-order valence-corrected chi connectivity index (χ1v) is 7.44. The molecule has 0 saturated heterocycles. The van der Waals surface area contributed by atoms with Gasteiger partial charge in [0.25, 0.3) is 0 Å². The Hall–Kier alpha value is -0.550. The van der Waals surface area contributed by atoms with Crippen molar-refractivity contribution in [2.45, 2.75) is 17.8 Å². The number of hydrogen-bond donors (Lipinski definition) is 1. The van der Waals surface area contributed by atoms with Crippen LogP contribution in [0.15, 0.2) is 18.3 Å². The molecule has 0 fully saturated rings. The lowest BCUT2D eigenvalue weighted by Gasteiger charge is -2.08. The maximum absolute atomic E-state index is 3.44. The molecule has 2 rings (SSSR count). The van der Waals surface area contributed by atoms with Gasteiger partial charge in [-0.1, -0.05) is 34.2 Å². The third-order valence-corrected chi connectivity index (χ3v) is 3.90. The van der Waals surface area contributed by atoms with Gasteiger partial charge in [0.05, 0.1) is 0 Å². The number of H-pyrrole nitrogens is 1. The Morgan fingerprint density at radius 1 is 1.24 bits per heavy atom. The molecule has 0 spiro atoms. The van der Waals surface area contributed by atoms with E-state index in [0.717, 1.165) is 17.4 Å². The molecule has 17 heavy (non-hydrogen) atoms. The van der Waals surface area contributed by atoms with Crippen molar-refractivity contribution in [2.24, 2.45) is 0 Å². The van der Waals surface area contributed by atoms with Crippen LogP contribution in [0.4, 0.5) is 0 Å². The number of aryl methyl sites for hydroxylation is 1. The second-order valence-electron chi connectivity index (χ2n) is 4.85. The third kappa shape index (κ3) is 2.83. The molecule has 2 aromatic rings. The van der Waals surface area contributed by atoms with Crippen molar-refractivity contribution in [1.29, 1.82) is 0 Å². The van der Waals surface area contributed by atoms with Crippen LogP contribution in [-0.2, 0) is 10.8 Å². The zero-order valence-corrected chi connectivity index (χ0v) is 12.8. The lowest BCUT2D eigenvalue weighted by Crippen LogP contribution is -2.14.